The third-order valence-electron chi connectivity index (χ3n) is 3.92. The average molecular weight is 387 g/mol. The molecule has 0 saturated carbocycles. The quantitative estimate of drug-likeness (QED) is 0.639. The Labute approximate surface area is 157 Å². The second-order valence-corrected chi connectivity index (χ2v) is 7.46. The van der Waals surface area contributed by atoms with Gasteiger partial charge in [0, 0.05) is 10.6 Å². The second kappa shape index (κ2) is 8.98. The van der Waals surface area contributed by atoms with Gasteiger partial charge in [0.1, 0.15) is 11.9 Å². The van der Waals surface area contributed by atoms with Gasteiger partial charge < -0.3 is 15.7 Å². The van der Waals surface area contributed by atoms with E-state index in [9.17, 15) is 18.8 Å². The largest absolute Gasteiger partial charge is 0.480 e. The van der Waals surface area contributed by atoms with E-state index >= 15 is 0 Å². The summed E-state index contributed by atoms with van der Waals surface area (Å²) in [5.41, 5.74) is -1.10. The molecule has 0 heterocycles. The first-order valence-corrected chi connectivity index (χ1v) is 8.59. The summed E-state index contributed by atoms with van der Waals surface area (Å²) < 4.78 is 14.1. The minimum absolute atomic E-state index is 0.0813. The summed E-state index contributed by atoms with van der Waals surface area (Å²) in [4.78, 5) is 35.5. The summed E-state index contributed by atoms with van der Waals surface area (Å²) in [5, 5.41) is 14.1. The number of carboxylic acid groups (broad SMARTS) is 1. The van der Waals surface area contributed by atoms with Crippen LogP contribution in [-0.2, 0) is 19.8 Å². The molecule has 0 aliphatic carbocycles. The third kappa shape index (κ3) is 5.98. The van der Waals surface area contributed by atoms with Crippen molar-refractivity contribution in [3.8, 4) is 0 Å². The van der Waals surface area contributed by atoms with Crippen molar-refractivity contribution in [1.82, 2.24) is 10.6 Å². The average Bonchev–Trinajstić information content (AvgIpc) is 2.50. The number of hydrogen-bond acceptors (Lipinski definition) is 3. The van der Waals surface area contributed by atoms with E-state index in [4.69, 9.17) is 16.7 Å². The van der Waals surface area contributed by atoms with Gasteiger partial charge in [0.05, 0.1) is 12.0 Å². The van der Waals surface area contributed by atoms with Gasteiger partial charge in [-0.2, -0.15) is 0 Å². The molecule has 1 rings (SSSR count). The summed E-state index contributed by atoms with van der Waals surface area (Å²) in [6.07, 6.45) is 0.274. The molecule has 2 amide bonds. The topological polar surface area (TPSA) is 95.5 Å². The lowest BCUT2D eigenvalue weighted by molar-refractivity contribution is -0.142. The molecule has 0 fully saturated rings. The number of hydrogen-bond donors (Lipinski definition) is 3. The third-order valence-corrected chi connectivity index (χ3v) is 4.16. The van der Waals surface area contributed by atoms with Crippen LogP contribution in [0.15, 0.2) is 18.2 Å². The first-order chi connectivity index (χ1) is 11.9. The zero-order valence-electron chi connectivity index (χ0n) is 15.2. The van der Waals surface area contributed by atoms with Gasteiger partial charge in [-0.3, -0.25) is 9.59 Å². The lowest BCUT2D eigenvalue weighted by atomic mass is 9.83. The highest BCUT2D eigenvalue weighted by molar-refractivity contribution is 6.30. The van der Waals surface area contributed by atoms with E-state index in [1.807, 2.05) is 13.8 Å². The van der Waals surface area contributed by atoms with Gasteiger partial charge in [0.2, 0.25) is 11.8 Å². The molecule has 0 aliphatic heterocycles. The van der Waals surface area contributed by atoms with Crippen LogP contribution in [0.4, 0.5) is 4.39 Å². The lowest BCUT2D eigenvalue weighted by Gasteiger charge is -2.25. The SMILES string of the molecule is CC(C)C[C@H](NC(=O)CNC(=O)C(C)(C)c1ccc(Cl)cc1F)C(=O)O. The molecule has 0 unspecified atom stereocenters. The van der Waals surface area contributed by atoms with Crippen molar-refractivity contribution in [3.05, 3.63) is 34.6 Å². The number of nitrogens with one attached hydrogen (secondary N) is 2. The monoisotopic (exact) mass is 386 g/mol. The molecule has 8 heteroatoms. The minimum Gasteiger partial charge on any atom is -0.480 e. The van der Waals surface area contributed by atoms with Crippen LogP contribution in [0.5, 0.6) is 0 Å². The van der Waals surface area contributed by atoms with E-state index < -0.39 is 41.6 Å². The predicted molar refractivity (Wildman–Crippen MR) is 96.5 cm³/mol. The van der Waals surface area contributed by atoms with Crippen LogP contribution < -0.4 is 10.6 Å². The lowest BCUT2D eigenvalue weighted by Crippen LogP contribution is -2.48. The summed E-state index contributed by atoms with van der Waals surface area (Å²) in [5.74, 6) is -2.87. The number of carbonyl (C=O) groups excluding carboxylic acids is 2. The highest BCUT2D eigenvalue weighted by Crippen LogP contribution is 2.27. The number of amides is 2. The molecule has 0 aliphatic rings. The van der Waals surface area contributed by atoms with E-state index in [1.165, 1.54) is 26.0 Å². The fraction of sp³-hybridized carbons (Fsp3) is 0.500. The van der Waals surface area contributed by atoms with Gasteiger partial charge in [-0.25, -0.2) is 9.18 Å². The van der Waals surface area contributed by atoms with Gasteiger partial charge in [0.25, 0.3) is 0 Å². The van der Waals surface area contributed by atoms with Crippen molar-refractivity contribution in [2.24, 2.45) is 5.92 Å². The highest BCUT2D eigenvalue weighted by Gasteiger charge is 2.33. The number of carbonyl (C=O) groups is 3. The van der Waals surface area contributed by atoms with Gasteiger partial charge in [-0.05, 0) is 38.3 Å². The van der Waals surface area contributed by atoms with Crippen LogP contribution in [0.1, 0.15) is 39.7 Å². The van der Waals surface area contributed by atoms with Crippen molar-refractivity contribution in [2.75, 3.05) is 6.54 Å². The molecule has 0 spiro atoms. The van der Waals surface area contributed by atoms with Gasteiger partial charge >= 0.3 is 5.97 Å². The van der Waals surface area contributed by atoms with Crippen LogP contribution in [-0.4, -0.2) is 35.5 Å². The Morgan fingerprint density at radius 2 is 1.88 bits per heavy atom. The number of benzene rings is 1. The normalized spacial score (nSPS) is 12.6. The minimum atomic E-state index is -1.24. The van der Waals surface area contributed by atoms with Gasteiger partial charge in [-0.15, -0.1) is 0 Å². The first-order valence-electron chi connectivity index (χ1n) is 8.21. The van der Waals surface area contributed by atoms with E-state index in [1.54, 1.807) is 0 Å². The smallest absolute Gasteiger partial charge is 0.326 e. The van der Waals surface area contributed by atoms with E-state index in [2.05, 4.69) is 10.6 Å². The number of aliphatic carboxylic acids is 1. The van der Waals surface area contributed by atoms with Crippen molar-refractivity contribution >= 4 is 29.4 Å². The number of rotatable bonds is 8. The Hall–Kier alpha value is -2.15. The van der Waals surface area contributed by atoms with E-state index in [-0.39, 0.29) is 22.9 Å². The van der Waals surface area contributed by atoms with Crippen LogP contribution in [0.3, 0.4) is 0 Å². The molecule has 6 nitrogen and oxygen atoms in total. The summed E-state index contributed by atoms with van der Waals surface area (Å²) in [6, 6.07) is 2.98. The maximum Gasteiger partial charge on any atom is 0.326 e. The molecule has 144 valence electrons. The molecule has 1 atom stereocenters. The summed E-state index contributed by atoms with van der Waals surface area (Å²) in [7, 11) is 0. The van der Waals surface area contributed by atoms with Gasteiger partial charge in [0.15, 0.2) is 0 Å². The van der Waals surface area contributed by atoms with Crippen LogP contribution in [0.25, 0.3) is 0 Å². The van der Waals surface area contributed by atoms with E-state index in [0.717, 1.165) is 6.07 Å². The van der Waals surface area contributed by atoms with Crippen molar-refractivity contribution < 1.29 is 23.9 Å². The molecule has 0 bridgehead atoms. The molecular formula is C18H24ClFN2O4. The Kier molecular flexibility index (Phi) is 7.56. The molecule has 26 heavy (non-hydrogen) atoms. The molecular weight excluding hydrogens is 363 g/mol. The molecule has 0 saturated heterocycles. The predicted octanol–water partition coefficient (Wildman–Crippen LogP) is 2.49. The Balaban J connectivity index is 2.72. The second-order valence-electron chi connectivity index (χ2n) is 7.02. The molecule has 1 aromatic carbocycles. The molecule has 0 radical (unpaired) electrons. The summed E-state index contributed by atoms with van der Waals surface area (Å²) in [6.45, 7) is 6.32. The Bertz CT molecular complexity index is 692. The number of carboxylic acids is 1. The van der Waals surface area contributed by atoms with Gasteiger partial charge in [-0.1, -0.05) is 31.5 Å². The van der Waals surface area contributed by atoms with Crippen LogP contribution >= 0.6 is 11.6 Å². The number of halogens is 2. The molecule has 3 N–H and O–H groups in total. The maximum absolute atomic E-state index is 14.1. The first kappa shape index (κ1) is 21.9. The fourth-order valence-electron chi connectivity index (χ4n) is 2.44. The van der Waals surface area contributed by atoms with Crippen LogP contribution in [0.2, 0.25) is 5.02 Å². The fourth-order valence-corrected chi connectivity index (χ4v) is 2.60. The molecule has 1 aromatic rings. The zero-order valence-corrected chi connectivity index (χ0v) is 16.0. The van der Waals surface area contributed by atoms with E-state index in [0.29, 0.717) is 0 Å². The van der Waals surface area contributed by atoms with Crippen molar-refractivity contribution in [3.63, 3.8) is 0 Å². The molecule has 0 aromatic heterocycles. The van der Waals surface area contributed by atoms with Crippen LogP contribution in [0, 0.1) is 11.7 Å². The standard InChI is InChI=1S/C18H24ClFN2O4/c1-10(2)7-14(16(24)25)22-15(23)9-21-17(26)18(3,4)12-6-5-11(19)8-13(12)20/h5-6,8,10,14H,7,9H2,1-4H3,(H,21,26)(H,22,23)(H,24,25)/t14-/m0/s1. The maximum atomic E-state index is 14.1. The van der Waals surface area contributed by atoms with Crippen molar-refractivity contribution in [2.45, 2.75) is 45.6 Å². The zero-order chi connectivity index (χ0) is 20.1. The highest BCUT2D eigenvalue weighted by atomic mass is 35.5. The van der Waals surface area contributed by atoms with Crippen molar-refractivity contribution in [1.29, 1.82) is 0 Å². The Morgan fingerprint density at radius 1 is 1.27 bits per heavy atom. The summed E-state index contributed by atoms with van der Waals surface area (Å²) >= 11 is 5.72. The Morgan fingerprint density at radius 3 is 2.38 bits per heavy atom.